The van der Waals surface area contributed by atoms with Crippen molar-refractivity contribution in [1.82, 2.24) is 9.88 Å². The van der Waals surface area contributed by atoms with Crippen LogP contribution >= 0.6 is 23.1 Å². The molecule has 1 fully saturated rings. The average molecular weight is 548 g/mol. The number of hydrogen-bond acceptors (Lipinski definition) is 7. The fraction of sp³-hybridized carbons (Fsp3) is 0.522. The predicted octanol–water partition coefficient (Wildman–Crippen LogP) is 5.85. The number of alkyl halides is 3. The number of ether oxygens (including phenoxy) is 2. The Balaban J connectivity index is 1.53. The summed E-state index contributed by atoms with van der Waals surface area (Å²) in [6.45, 7) is 2.96. The smallest absolute Gasteiger partial charge is 0.481 e. The molecule has 0 radical (unpaired) electrons. The van der Waals surface area contributed by atoms with Gasteiger partial charge in [-0.05, 0) is 49.3 Å². The van der Waals surface area contributed by atoms with E-state index in [0.29, 0.717) is 27.4 Å². The van der Waals surface area contributed by atoms with Crippen LogP contribution in [0.5, 0.6) is 5.75 Å². The first-order valence-electron chi connectivity index (χ1n) is 11.4. The van der Waals surface area contributed by atoms with Crippen molar-refractivity contribution in [1.29, 1.82) is 0 Å². The number of anilines is 1. The lowest BCUT2D eigenvalue weighted by Crippen LogP contribution is -2.46. The van der Waals surface area contributed by atoms with E-state index in [1.54, 1.807) is 4.90 Å². The molecular formula is C23H28F3N3O5S2. The molecule has 1 heterocycles. The van der Waals surface area contributed by atoms with Crippen LogP contribution in [0.15, 0.2) is 34.7 Å². The van der Waals surface area contributed by atoms with Gasteiger partial charge in [-0.3, -0.25) is 10.1 Å². The molecule has 1 aromatic carbocycles. The van der Waals surface area contributed by atoms with Gasteiger partial charge >= 0.3 is 18.4 Å². The van der Waals surface area contributed by atoms with Crippen LogP contribution in [0.4, 0.5) is 23.1 Å². The standard InChI is InChI=1S/C23H28F3N3O5S2/c1-15-2-6-17(7-3-15)29(22(32)28-21-27-12-20(36-21)35-14-19(30)31)10-11-33-13-16-4-8-18(9-5-16)34-23(24,25)26/h4-5,8-9,12,15,17H,2-3,6-7,10-11,13-14H2,1H3,(H,30,31)(H,27,28,32). The molecule has 2 N–H and O–H groups in total. The lowest BCUT2D eigenvalue weighted by atomic mass is 9.86. The van der Waals surface area contributed by atoms with Crippen LogP contribution < -0.4 is 10.1 Å². The molecule has 2 aromatic rings. The number of hydrogen-bond donors (Lipinski definition) is 2. The summed E-state index contributed by atoms with van der Waals surface area (Å²) in [5, 5.41) is 12.0. The molecule has 3 rings (SSSR count). The van der Waals surface area contributed by atoms with Gasteiger partial charge in [-0.25, -0.2) is 9.78 Å². The zero-order valence-corrected chi connectivity index (χ0v) is 21.3. The molecule has 0 bridgehead atoms. The van der Waals surface area contributed by atoms with E-state index in [1.165, 1.54) is 41.8 Å². The fourth-order valence-electron chi connectivity index (χ4n) is 3.82. The average Bonchev–Trinajstić information content (AvgIpc) is 3.26. The first-order chi connectivity index (χ1) is 17.1. The Labute approximate surface area is 215 Å². The maximum absolute atomic E-state index is 13.1. The highest BCUT2D eigenvalue weighted by molar-refractivity contribution is 8.01. The zero-order valence-electron chi connectivity index (χ0n) is 19.6. The van der Waals surface area contributed by atoms with Crippen molar-refractivity contribution in [2.24, 2.45) is 5.92 Å². The predicted molar refractivity (Wildman–Crippen MR) is 130 cm³/mol. The number of thiazole rings is 1. The number of carboxylic acids is 1. The van der Waals surface area contributed by atoms with Gasteiger partial charge in [0.05, 0.1) is 29.4 Å². The van der Waals surface area contributed by atoms with Crippen molar-refractivity contribution in [3.63, 3.8) is 0 Å². The third-order valence-corrected chi connectivity index (χ3v) is 7.72. The highest BCUT2D eigenvalue weighted by Crippen LogP contribution is 2.30. The molecule has 0 aliphatic heterocycles. The van der Waals surface area contributed by atoms with Crippen LogP contribution in [0.3, 0.4) is 0 Å². The number of nitrogens with zero attached hydrogens (tertiary/aromatic N) is 2. The minimum absolute atomic E-state index is 0.0596. The van der Waals surface area contributed by atoms with E-state index in [4.69, 9.17) is 9.84 Å². The molecule has 1 aliphatic rings. The highest BCUT2D eigenvalue weighted by atomic mass is 32.2. The molecule has 0 spiro atoms. The Morgan fingerprint density at radius 1 is 1.22 bits per heavy atom. The molecule has 1 saturated carbocycles. The number of halogens is 3. The molecule has 2 amide bonds. The van der Waals surface area contributed by atoms with Gasteiger partial charge in [0.25, 0.3) is 0 Å². The second-order valence-electron chi connectivity index (χ2n) is 8.45. The van der Waals surface area contributed by atoms with Crippen molar-refractivity contribution in [3.05, 3.63) is 36.0 Å². The molecule has 13 heteroatoms. The Kier molecular flexibility index (Phi) is 10.3. The molecule has 8 nitrogen and oxygen atoms in total. The van der Waals surface area contributed by atoms with Gasteiger partial charge < -0.3 is 19.5 Å². The van der Waals surface area contributed by atoms with Gasteiger partial charge in [-0.15, -0.1) is 24.9 Å². The fourth-order valence-corrected chi connectivity index (χ4v) is 5.41. The minimum Gasteiger partial charge on any atom is -0.481 e. The Hall–Kier alpha value is -2.51. The monoisotopic (exact) mass is 547 g/mol. The number of thioether (sulfide) groups is 1. The Morgan fingerprint density at radius 2 is 1.92 bits per heavy atom. The van der Waals surface area contributed by atoms with Gasteiger partial charge in [-0.2, -0.15) is 0 Å². The number of aromatic nitrogens is 1. The van der Waals surface area contributed by atoms with Gasteiger partial charge in [0.2, 0.25) is 0 Å². The van der Waals surface area contributed by atoms with E-state index < -0.39 is 12.3 Å². The molecule has 0 saturated heterocycles. The van der Waals surface area contributed by atoms with Crippen molar-refractivity contribution < 1.29 is 37.3 Å². The minimum atomic E-state index is -4.74. The van der Waals surface area contributed by atoms with Crippen LogP contribution in [0.25, 0.3) is 0 Å². The van der Waals surface area contributed by atoms with Crippen molar-refractivity contribution >= 4 is 40.2 Å². The second kappa shape index (κ2) is 13.2. The molecule has 1 aliphatic carbocycles. The van der Waals surface area contributed by atoms with Crippen molar-refractivity contribution in [2.45, 2.75) is 55.8 Å². The number of carbonyl (C=O) groups excluding carboxylic acids is 1. The first kappa shape index (κ1) is 28.1. The SMILES string of the molecule is CC1CCC(N(CCOCc2ccc(OC(F)(F)F)cc2)C(=O)Nc2ncc(SCC(=O)O)s2)CC1. The zero-order chi connectivity index (χ0) is 26.1. The quantitative estimate of drug-likeness (QED) is 0.269. The van der Waals surface area contributed by atoms with Crippen molar-refractivity contribution in [3.8, 4) is 5.75 Å². The number of benzene rings is 1. The summed E-state index contributed by atoms with van der Waals surface area (Å²) in [6.07, 6.45) is 0.606. The molecule has 198 valence electrons. The van der Waals surface area contributed by atoms with E-state index in [0.717, 1.165) is 37.4 Å². The summed E-state index contributed by atoms with van der Waals surface area (Å²) in [4.78, 5) is 29.8. The normalized spacial score (nSPS) is 18.0. The lowest BCUT2D eigenvalue weighted by Gasteiger charge is -2.36. The van der Waals surface area contributed by atoms with Crippen LogP contribution in [0, 0.1) is 5.92 Å². The number of rotatable bonds is 11. The largest absolute Gasteiger partial charge is 0.573 e. The van der Waals surface area contributed by atoms with Gasteiger partial charge in [0.1, 0.15) is 5.75 Å². The number of carboxylic acid groups (broad SMARTS) is 1. The van der Waals surface area contributed by atoms with Gasteiger partial charge in [0, 0.05) is 12.6 Å². The third kappa shape index (κ3) is 9.51. The summed E-state index contributed by atoms with van der Waals surface area (Å²) in [6, 6.07) is 5.21. The second-order valence-corrected chi connectivity index (χ2v) is 10.8. The summed E-state index contributed by atoms with van der Waals surface area (Å²) in [5.74, 6) is -0.703. The number of aliphatic carboxylic acids is 1. The molecule has 1 aromatic heterocycles. The number of nitrogens with one attached hydrogen (secondary N) is 1. The van der Waals surface area contributed by atoms with Crippen LogP contribution in [-0.2, 0) is 16.1 Å². The maximum Gasteiger partial charge on any atom is 0.573 e. The van der Waals surface area contributed by atoms with Crippen LogP contribution in [0.1, 0.15) is 38.2 Å². The molecule has 36 heavy (non-hydrogen) atoms. The van der Waals surface area contributed by atoms with E-state index in [1.807, 2.05) is 0 Å². The number of urea groups is 1. The third-order valence-electron chi connectivity index (χ3n) is 5.63. The van der Waals surface area contributed by atoms with E-state index >= 15 is 0 Å². The van der Waals surface area contributed by atoms with E-state index in [2.05, 4.69) is 22.0 Å². The summed E-state index contributed by atoms with van der Waals surface area (Å²) in [5.41, 5.74) is 0.682. The summed E-state index contributed by atoms with van der Waals surface area (Å²) >= 11 is 2.36. The Bertz CT molecular complexity index is 996. The van der Waals surface area contributed by atoms with Gasteiger partial charge in [0.15, 0.2) is 5.13 Å². The maximum atomic E-state index is 13.1. The van der Waals surface area contributed by atoms with Gasteiger partial charge in [-0.1, -0.05) is 30.4 Å². The number of carbonyl (C=O) groups is 2. The molecule has 0 atom stereocenters. The summed E-state index contributed by atoms with van der Waals surface area (Å²) < 4.78 is 47.2. The Morgan fingerprint density at radius 3 is 2.56 bits per heavy atom. The highest BCUT2D eigenvalue weighted by Gasteiger charge is 2.31. The first-order valence-corrected chi connectivity index (χ1v) is 13.2. The topological polar surface area (TPSA) is 101 Å². The van der Waals surface area contributed by atoms with Crippen LogP contribution in [-0.4, -0.2) is 58.3 Å². The molecule has 0 unspecified atom stereocenters. The lowest BCUT2D eigenvalue weighted by molar-refractivity contribution is -0.274. The van der Waals surface area contributed by atoms with Crippen molar-refractivity contribution in [2.75, 3.05) is 24.2 Å². The van der Waals surface area contributed by atoms with E-state index in [9.17, 15) is 22.8 Å². The van der Waals surface area contributed by atoms with E-state index in [-0.39, 0.29) is 36.8 Å². The molecular weight excluding hydrogens is 519 g/mol. The van der Waals surface area contributed by atoms with Crippen LogP contribution in [0.2, 0.25) is 0 Å². The summed E-state index contributed by atoms with van der Waals surface area (Å²) in [7, 11) is 0. The number of amides is 2.